The molecule has 0 unspecified atom stereocenters. The average molecular weight is 406 g/mol. The normalized spacial score (nSPS) is 12.7. The van der Waals surface area contributed by atoms with Gasteiger partial charge in [0.05, 0.1) is 0 Å². The van der Waals surface area contributed by atoms with Crippen LogP contribution in [0.25, 0.3) is 0 Å². The number of rotatable bonds is 8. The van der Waals surface area contributed by atoms with Gasteiger partial charge in [-0.3, -0.25) is 14.4 Å². The highest BCUT2D eigenvalue weighted by Crippen LogP contribution is 2.13. The third-order valence-corrected chi connectivity index (χ3v) is 4.25. The Morgan fingerprint density at radius 1 is 1.00 bits per heavy atom. The summed E-state index contributed by atoms with van der Waals surface area (Å²) < 4.78 is 13.4. The number of carbonyl (C=O) groups excluding carboxylic acids is 3. The Labute approximate surface area is 167 Å². The van der Waals surface area contributed by atoms with Crippen molar-refractivity contribution in [2.45, 2.75) is 31.8 Å². The first-order valence-corrected chi connectivity index (χ1v) is 8.98. The Morgan fingerprint density at radius 3 is 2.18 bits per heavy atom. The summed E-state index contributed by atoms with van der Waals surface area (Å²) in [6, 6.07) is 10.6. The van der Waals surface area contributed by atoms with E-state index >= 15 is 0 Å². The summed E-state index contributed by atoms with van der Waals surface area (Å²) in [6.45, 7) is 1.27. The van der Waals surface area contributed by atoms with E-state index in [1.54, 1.807) is 30.3 Å². The SMILES string of the molecule is CC(=O)N[C@@H](Cc1cccc(F)c1)C(=O)N[C@@H](Cc1cccc(Cl)c1)C(N)=O. The molecule has 0 heterocycles. The van der Waals surface area contributed by atoms with E-state index in [0.29, 0.717) is 10.6 Å². The van der Waals surface area contributed by atoms with Gasteiger partial charge in [-0.15, -0.1) is 0 Å². The van der Waals surface area contributed by atoms with Crippen LogP contribution in [-0.2, 0) is 27.2 Å². The molecule has 4 N–H and O–H groups in total. The van der Waals surface area contributed by atoms with Gasteiger partial charge in [0.15, 0.2) is 0 Å². The standard InChI is InChI=1S/C20H21ClFN3O3/c1-12(26)24-18(11-14-5-3-7-16(22)9-14)20(28)25-17(19(23)27)10-13-4-2-6-15(21)8-13/h2-9,17-18H,10-11H2,1H3,(H2,23,27)(H,24,26)(H,25,28)/t17-,18-/m0/s1. The van der Waals surface area contributed by atoms with Crippen LogP contribution in [0.3, 0.4) is 0 Å². The largest absolute Gasteiger partial charge is 0.368 e. The predicted octanol–water partition coefficient (Wildman–Crippen LogP) is 1.74. The highest BCUT2D eigenvalue weighted by molar-refractivity contribution is 6.30. The fraction of sp³-hybridized carbons (Fsp3) is 0.250. The summed E-state index contributed by atoms with van der Waals surface area (Å²) in [4.78, 5) is 36.0. The van der Waals surface area contributed by atoms with Gasteiger partial charge in [0, 0.05) is 24.8 Å². The number of halogens is 2. The van der Waals surface area contributed by atoms with Crippen LogP contribution in [0.2, 0.25) is 5.02 Å². The molecule has 2 atom stereocenters. The van der Waals surface area contributed by atoms with Crippen molar-refractivity contribution in [3.05, 3.63) is 70.5 Å². The van der Waals surface area contributed by atoms with Crippen LogP contribution >= 0.6 is 11.6 Å². The Bertz CT molecular complexity index is 875. The lowest BCUT2D eigenvalue weighted by Gasteiger charge is -2.22. The molecule has 0 spiro atoms. The second-order valence-corrected chi connectivity index (χ2v) is 6.82. The molecular weight excluding hydrogens is 385 g/mol. The van der Waals surface area contributed by atoms with Gasteiger partial charge < -0.3 is 16.4 Å². The second kappa shape index (κ2) is 9.85. The first kappa shape index (κ1) is 21.4. The van der Waals surface area contributed by atoms with Crippen molar-refractivity contribution in [2.75, 3.05) is 0 Å². The van der Waals surface area contributed by atoms with E-state index in [4.69, 9.17) is 17.3 Å². The fourth-order valence-corrected chi connectivity index (χ4v) is 2.96. The van der Waals surface area contributed by atoms with Crippen LogP contribution in [0.4, 0.5) is 4.39 Å². The third-order valence-electron chi connectivity index (χ3n) is 4.01. The summed E-state index contributed by atoms with van der Waals surface area (Å²) in [6.07, 6.45) is 0.209. The van der Waals surface area contributed by atoms with Gasteiger partial charge in [0.1, 0.15) is 17.9 Å². The fourth-order valence-electron chi connectivity index (χ4n) is 2.75. The number of amides is 3. The Balaban J connectivity index is 2.14. The molecular formula is C20H21ClFN3O3. The molecule has 0 aliphatic carbocycles. The summed E-state index contributed by atoms with van der Waals surface area (Å²) in [5, 5.41) is 5.57. The number of hydrogen-bond acceptors (Lipinski definition) is 3. The van der Waals surface area contributed by atoms with Crippen LogP contribution in [0, 0.1) is 5.82 Å². The van der Waals surface area contributed by atoms with Crippen LogP contribution in [0.5, 0.6) is 0 Å². The first-order chi connectivity index (χ1) is 13.2. The van der Waals surface area contributed by atoms with Crippen LogP contribution in [0.1, 0.15) is 18.1 Å². The van der Waals surface area contributed by atoms with Gasteiger partial charge in [-0.2, -0.15) is 0 Å². The highest BCUT2D eigenvalue weighted by atomic mass is 35.5. The van der Waals surface area contributed by atoms with Gasteiger partial charge in [-0.05, 0) is 35.4 Å². The van der Waals surface area contributed by atoms with Crippen LogP contribution < -0.4 is 16.4 Å². The number of carbonyl (C=O) groups is 3. The van der Waals surface area contributed by atoms with Gasteiger partial charge in [0.2, 0.25) is 17.7 Å². The van der Waals surface area contributed by atoms with Gasteiger partial charge in [-0.1, -0.05) is 35.9 Å². The minimum Gasteiger partial charge on any atom is -0.368 e. The van der Waals surface area contributed by atoms with Gasteiger partial charge >= 0.3 is 0 Å². The zero-order valence-corrected chi connectivity index (χ0v) is 16.0. The van der Waals surface area contributed by atoms with E-state index in [9.17, 15) is 18.8 Å². The monoisotopic (exact) mass is 405 g/mol. The van der Waals surface area contributed by atoms with Crippen molar-refractivity contribution in [1.82, 2.24) is 10.6 Å². The smallest absolute Gasteiger partial charge is 0.243 e. The molecule has 0 bridgehead atoms. The molecule has 0 fully saturated rings. The van der Waals surface area contributed by atoms with Gasteiger partial charge in [0.25, 0.3) is 0 Å². The van der Waals surface area contributed by atoms with Crippen molar-refractivity contribution in [3.8, 4) is 0 Å². The number of nitrogens with one attached hydrogen (secondary N) is 2. The van der Waals surface area contributed by atoms with Crippen LogP contribution in [-0.4, -0.2) is 29.8 Å². The maximum atomic E-state index is 13.4. The molecule has 2 rings (SSSR count). The first-order valence-electron chi connectivity index (χ1n) is 8.60. The molecule has 2 aromatic carbocycles. The van der Waals surface area contributed by atoms with E-state index in [-0.39, 0.29) is 12.8 Å². The molecule has 0 radical (unpaired) electrons. The summed E-state index contributed by atoms with van der Waals surface area (Å²) in [5.41, 5.74) is 6.67. The topological polar surface area (TPSA) is 101 Å². The van der Waals surface area contributed by atoms with E-state index in [1.807, 2.05) is 0 Å². The zero-order chi connectivity index (χ0) is 20.7. The highest BCUT2D eigenvalue weighted by Gasteiger charge is 2.25. The molecule has 28 heavy (non-hydrogen) atoms. The zero-order valence-electron chi connectivity index (χ0n) is 15.2. The lowest BCUT2D eigenvalue weighted by atomic mass is 10.0. The number of nitrogens with two attached hydrogens (primary N) is 1. The maximum Gasteiger partial charge on any atom is 0.243 e. The Hall–Kier alpha value is -2.93. The molecule has 0 saturated heterocycles. The molecule has 6 nitrogen and oxygen atoms in total. The molecule has 3 amide bonds. The minimum atomic E-state index is -0.991. The average Bonchev–Trinajstić information content (AvgIpc) is 2.60. The number of benzene rings is 2. The van der Waals surface area contributed by atoms with Crippen molar-refractivity contribution >= 4 is 29.3 Å². The lowest BCUT2D eigenvalue weighted by molar-refractivity contribution is -0.130. The molecule has 8 heteroatoms. The maximum absolute atomic E-state index is 13.4. The molecule has 0 saturated carbocycles. The molecule has 148 valence electrons. The van der Waals surface area contributed by atoms with Crippen molar-refractivity contribution in [2.24, 2.45) is 5.73 Å². The van der Waals surface area contributed by atoms with E-state index in [2.05, 4.69) is 10.6 Å². The van der Waals surface area contributed by atoms with E-state index in [0.717, 1.165) is 5.56 Å². The quantitative estimate of drug-likeness (QED) is 0.623. The predicted molar refractivity (Wildman–Crippen MR) is 104 cm³/mol. The Kier molecular flexibility index (Phi) is 7.52. The number of hydrogen-bond donors (Lipinski definition) is 3. The van der Waals surface area contributed by atoms with Gasteiger partial charge in [-0.25, -0.2) is 4.39 Å². The van der Waals surface area contributed by atoms with E-state index in [1.165, 1.54) is 25.1 Å². The summed E-state index contributed by atoms with van der Waals surface area (Å²) >= 11 is 5.94. The Morgan fingerprint density at radius 2 is 1.61 bits per heavy atom. The summed E-state index contributed by atoms with van der Waals surface area (Å²) in [5.74, 6) is -2.19. The van der Waals surface area contributed by atoms with Crippen LogP contribution in [0.15, 0.2) is 48.5 Å². The number of primary amides is 1. The third kappa shape index (κ3) is 6.66. The van der Waals surface area contributed by atoms with Crippen molar-refractivity contribution in [3.63, 3.8) is 0 Å². The summed E-state index contributed by atoms with van der Waals surface area (Å²) in [7, 11) is 0. The van der Waals surface area contributed by atoms with E-state index < -0.39 is 35.6 Å². The minimum absolute atomic E-state index is 0.0613. The lowest BCUT2D eigenvalue weighted by Crippen LogP contribution is -2.54. The molecule has 0 aliphatic heterocycles. The van der Waals surface area contributed by atoms with Crippen molar-refractivity contribution in [1.29, 1.82) is 0 Å². The molecule has 0 aromatic heterocycles. The second-order valence-electron chi connectivity index (χ2n) is 6.38. The van der Waals surface area contributed by atoms with Crippen molar-refractivity contribution < 1.29 is 18.8 Å². The molecule has 0 aliphatic rings. The molecule has 2 aromatic rings.